The topological polar surface area (TPSA) is 3.24 Å². The van der Waals surface area contributed by atoms with E-state index >= 15 is 0 Å². The molecule has 1 heterocycles. The lowest BCUT2D eigenvalue weighted by atomic mass is 9.89. The molecule has 0 aromatic heterocycles. The Balaban J connectivity index is 1.44. The van der Waals surface area contributed by atoms with E-state index in [9.17, 15) is 13.2 Å². The Morgan fingerprint density at radius 2 is 1.61 bits per heavy atom. The highest BCUT2D eigenvalue weighted by atomic mass is 19.4. The van der Waals surface area contributed by atoms with Crippen LogP contribution in [-0.4, -0.2) is 24.5 Å². The third kappa shape index (κ3) is 4.60. The summed E-state index contributed by atoms with van der Waals surface area (Å²) in [6.45, 7) is 3.55. The Morgan fingerprint density at radius 3 is 2.32 bits per heavy atom. The number of nitrogens with zero attached hydrogens (tertiary/aromatic N) is 1. The zero-order chi connectivity index (χ0) is 19.6. The first-order chi connectivity index (χ1) is 13.5. The van der Waals surface area contributed by atoms with Crippen molar-refractivity contribution in [3.63, 3.8) is 0 Å². The summed E-state index contributed by atoms with van der Waals surface area (Å²) in [5.74, 6) is 1.41. The second-order valence-electron chi connectivity index (χ2n) is 8.45. The van der Waals surface area contributed by atoms with Gasteiger partial charge in [-0.15, -0.1) is 0 Å². The van der Waals surface area contributed by atoms with Crippen molar-refractivity contribution in [2.24, 2.45) is 5.92 Å². The van der Waals surface area contributed by atoms with Crippen LogP contribution in [0.3, 0.4) is 0 Å². The summed E-state index contributed by atoms with van der Waals surface area (Å²) in [5, 5.41) is 0. The fourth-order valence-corrected chi connectivity index (χ4v) is 4.87. The van der Waals surface area contributed by atoms with E-state index in [1.807, 2.05) is 12.1 Å². The number of alkyl halides is 3. The van der Waals surface area contributed by atoms with Crippen LogP contribution in [0.5, 0.6) is 0 Å². The maximum Gasteiger partial charge on any atom is 0.416 e. The molecule has 0 spiro atoms. The number of hydrogen-bond donors (Lipinski definition) is 0. The van der Waals surface area contributed by atoms with Crippen LogP contribution in [0.2, 0.25) is 0 Å². The van der Waals surface area contributed by atoms with Crippen LogP contribution in [0.4, 0.5) is 13.2 Å². The van der Waals surface area contributed by atoms with Crippen molar-refractivity contribution in [3.8, 4) is 11.1 Å². The molecule has 2 aromatic rings. The normalized spacial score (nSPS) is 21.9. The number of hydrogen-bond acceptors (Lipinski definition) is 1. The van der Waals surface area contributed by atoms with Crippen molar-refractivity contribution < 1.29 is 13.2 Å². The molecule has 2 fully saturated rings. The zero-order valence-electron chi connectivity index (χ0n) is 16.2. The van der Waals surface area contributed by atoms with Crippen molar-refractivity contribution in [1.29, 1.82) is 0 Å². The molecule has 4 rings (SSSR count). The Hall–Kier alpha value is -1.81. The van der Waals surface area contributed by atoms with Gasteiger partial charge in [-0.3, -0.25) is 0 Å². The van der Waals surface area contributed by atoms with Gasteiger partial charge in [0.1, 0.15) is 0 Å². The summed E-state index contributed by atoms with van der Waals surface area (Å²) >= 11 is 0. The molecule has 1 aliphatic heterocycles. The lowest BCUT2D eigenvalue weighted by Crippen LogP contribution is -2.37. The Kier molecular flexibility index (Phi) is 5.77. The first-order valence-corrected chi connectivity index (χ1v) is 10.5. The van der Waals surface area contributed by atoms with Gasteiger partial charge in [-0.05, 0) is 72.9 Å². The molecule has 28 heavy (non-hydrogen) atoms. The van der Waals surface area contributed by atoms with Gasteiger partial charge in [-0.25, -0.2) is 0 Å². The molecule has 150 valence electrons. The maximum atomic E-state index is 13.0. The highest BCUT2D eigenvalue weighted by Crippen LogP contribution is 2.34. The summed E-state index contributed by atoms with van der Waals surface area (Å²) < 4.78 is 38.9. The van der Waals surface area contributed by atoms with Gasteiger partial charge >= 0.3 is 6.18 Å². The molecule has 1 nitrogen and oxygen atoms in total. The lowest BCUT2D eigenvalue weighted by molar-refractivity contribution is -0.137. The standard InChI is InChI=1S/C24H28F3N/c25-24(26,27)23-9-3-7-21(15-23)19-10-12-20(13-11-19)22-8-4-14-28(17-22)16-18-5-1-2-6-18/h3,7,9-13,15,18,22H,1-2,4-6,8,14,16-17H2/t22-/m0/s1. The van der Waals surface area contributed by atoms with E-state index in [-0.39, 0.29) is 0 Å². The van der Waals surface area contributed by atoms with Gasteiger partial charge < -0.3 is 4.90 Å². The third-order valence-electron chi connectivity index (χ3n) is 6.40. The molecule has 2 aliphatic rings. The first kappa shape index (κ1) is 19.5. The zero-order valence-corrected chi connectivity index (χ0v) is 16.2. The van der Waals surface area contributed by atoms with Crippen molar-refractivity contribution in [3.05, 3.63) is 59.7 Å². The molecule has 4 heteroatoms. The third-order valence-corrected chi connectivity index (χ3v) is 6.40. The maximum absolute atomic E-state index is 13.0. The average Bonchev–Trinajstić information content (AvgIpc) is 3.21. The molecular formula is C24H28F3N. The fraction of sp³-hybridized carbons (Fsp3) is 0.500. The Labute approximate surface area is 165 Å². The molecule has 0 amide bonds. The van der Waals surface area contributed by atoms with E-state index in [1.54, 1.807) is 6.07 Å². The van der Waals surface area contributed by atoms with Gasteiger partial charge in [-0.2, -0.15) is 13.2 Å². The summed E-state index contributed by atoms with van der Waals surface area (Å²) in [4.78, 5) is 2.63. The van der Waals surface area contributed by atoms with Crippen molar-refractivity contribution in [2.75, 3.05) is 19.6 Å². The number of piperidine rings is 1. The Bertz CT molecular complexity index is 775. The average molecular weight is 387 g/mol. The summed E-state index contributed by atoms with van der Waals surface area (Å²) in [7, 11) is 0. The quantitative estimate of drug-likeness (QED) is 0.561. The monoisotopic (exact) mass is 387 g/mol. The van der Waals surface area contributed by atoms with Crippen molar-refractivity contribution in [1.82, 2.24) is 4.90 Å². The van der Waals surface area contributed by atoms with E-state index in [4.69, 9.17) is 0 Å². The van der Waals surface area contributed by atoms with Crippen LogP contribution < -0.4 is 0 Å². The number of halogens is 3. The van der Waals surface area contributed by atoms with Crippen LogP contribution in [0.25, 0.3) is 11.1 Å². The van der Waals surface area contributed by atoms with Gasteiger partial charge in [0.2, 0.25) is 0 Å². The van der Waals surface area contributed by atoms with Gasteiger partial charge in [0.15, 0.2) is 0 Å². The van der Waals surface area contributed by atoms with Gasteiger partial charge in [0, 0.05) is 13.1 Å². The largest absolute Gasteiger partial charge is 0.416 e. The lowest BCUT2D eigenvalue weighted by Gasteiger charge is -2.34. The molecule has 0 bridgehead atoms. The molecule has 2 aromatic carbocycles. The van der Waals surface area contributed by atoms with E-state index in [0.717, 1.165) is 24.1 Å². The second kappa shape index (κ2) is 8.28. The van der Waals surface area contributed by atoms with Gasteiger partial charge in [0.05, 0.1) is 5.56 Å². The van der Waals surface area contributed by atoms with Crippen LogP contribution in [-0.2, 0) is 6.18 Å². The van der Waals surface area contributed by atoms with Crippen molar-refractivity contribution in [2.45, 2.75) is 50.6 Å². The van der Waals surface area contributed by atoms with Crippen LogP contribution in [0, 0.1) is 5.92 Å². The number of likely N-dealkylation sites (tertiary alicyclic amines) is 1. The highest BCUT2D eigenvalue weighted by Gasteiger charge is 2.30. The van der Waals surface area contributed by atoms with Crippen LogP contribution in [0.1, 0.15) is 55.6 Å². The molecule has 1 aliphatic carbocycles. The molecule has 0 unspecified atom stereocenters. The summed E-state index contributed by atoms with van der Waals surface area (Å²) in [6.07, 6.45) is 3.66. The van der Waals surface area contributed by atoms with Crippen LogP contribution >= 0.6 is 0 Å². The summed E-state index contributed by atoms with van der Waals surface area (Å²) in [5.41, 5.74) is 2.18. The minimum atomic E-state index is -4.30. The molecule has 1 saturated heterocycles. The molecule has 1 saturated carbocycles. The molecule has 0 N–H and O–H groups in total. The predicted octanol–water partition coefficient (Wildman–Crippen LogP) is 6.74. The predicted molar refractivity (Wildman–Crippen MR) is 107 cm³/mol. The minimum Gasteiger partial charge on any atom is -0.302 e. The van der Waals surface area contributed by atoms with Gasteiger partial charge in [0.25, 0.3) is 0 Å². The van der Waals surface area contributed by atoms with E-state index < -0.39 is 11.7 Å². The van der Waals surface area contributed by atoms with E-state index in [2.05, 4.69) is 17.0 Å². The molecule has 0 radical (unpaired) electrons. The fourth-order valence-electron chi connectivity index (χ4n) is 4.87. The minimum absolute atomic E-state index is 0.533. The first-order valence-electron chi connectivity index (χ1n) is 10.5. The molecule has 1 atom stereocenters. The van der Waals surface area contributed by atoms with E-state index in [1.165, 1.54) is 69.3 Å². The smallest absolute Gasteiger partial charge is 0.302 e. The Morgan fingerprint density at radius 1 is 0.857 bits per heavy atom. The highest BCUT2D eigenvalue weighted by molar-refractivity contribution is 5.64. The number of rotatable bonds is 4. The summed E-state index contributed by atoms with van der Waals surface area (Å²) in [6, 6.07) is 13.8. The SMILES string of the molecule is FC(F)(F)c1cccc(-c2ccc([C@H]3CCCN(CC4CCCC4)C3)cc2)c1. The molecular weight excluding hydrogens is 359 g/mol. The number of benzene rings is 2. The van der Waals surface area contributed by atoms with Crippen LogP contribution in [0.15, 0.2) is 48.5 Å². The van der Waals surface area contributed by atoms with Gasteiger partial charge in [-0.1, -0.05) is 49.2 Å². The van der Waals surface area contributed by atoms with Crippen molar-refractivity contribution >= 4 is 0 Å². The second-order valence-corrected chi connectivity index (χ2v) is 8.45. The van der Waals surface area contributed by atoms with E-state index in [0.29, 0.717) is 11.5 Å².